The van der Waals surface area contributed by atoms with E-state index in [1.165, 1.54) is 31.8 Å². The van der Waals surface area contributed by atoms with Crippen LogP contribution in [0.3, 0.4) is 0 Å². The molecule has 0 aromatic rings. The van der Waals surface area contributed by atoms with Gasteiger partial charge in [0, 0.05) is 25.8 Å². The Morgan fingerprint density at radius 1 is 1.00 bits per heavy atom. The number of unbranched alkanes of at least 4 members (excludes halogenated alkanes) is 1. The predicted molar refractivity (Wildman–Crippen MR) is 163 cm³/mol. The Balaban J connectivity index is 1.57. The molecule has 0 aromatic heterocycles. The van der Waals surface area contributed by atoms with E-state index in [0.717, 1.165) is 32.0 Å². The molecule has 0 saturated heterocycles. The molecule has 4 saturated carbocycles. The standard InChI is InChI=1S/C36H55NO5/c1-22-11-14-32(4)17-18-34(6)25(29(32)23(22)2)21-26(40)30-33(5)15-13-28(42-24(3)39)36(8,27(33)12-16-35(30,34)7)31(41)37-19-9-10-20-38/h20-23,27-30H,9-19H2,1-8H3,(H,37,41)/t22-,23+,27?,28-,29?,30?,32-,33+,34-,35-,36-/m1/s1. The molecule has 42 heavy (non-hydrogen) atoms. The molecule has 0 radical (unpaired) electrons. The fraction of sp³-hybridized carbons (Fsp3) is 0.833. The first kappa shape index (κ1) is 31.4. The van der Waals surface area contributed by atoms with Gasteiger partial charge in [0.25, 0.3) is 0 Å². The molecule has 0 spiro atoms. The largest absolute Gasteiger partial charge is 0.461 e. The molecule has 0 heterocycles. The molecule has 1 amide bonds. The molecule has 5 aliphatic carbocycles. The van der Waals surface area contributed by atoms with Crippen LogP contribution in [-0.2, 0) is 23.9 Å². The highest BCUT2D eigenvalue weighted by Crippen LogP contribution is 2.75. The second-order valence-electron chi connectivity index (χ2n) is 16.3. The van der Waals surface area contributed by atoms with Crippen molar-refractivity contribution >= 4 is 23.9 Å². The summed E-state index contributed by atoms with van der Waals surface area (Å²) in [4.78, 5) is 51.8. The number of carbonyl (C=O) groups excluding carboxylic acids is 4. The number of allylic oxidation sites excluding steroid dienone is 2. The van der Waals surface area contributed by atoms with Crippen molar-refractivity contribution in [1.82, 2.24) is 5.32 Å². The zero-order valence-electron chi connectivity index (χ0n) is 27.4. The Morgan fingerprint density at radius 2 is 1.71 bits per heavy atom. The Kier molecular flexibility index (Phi) is 7.92. The number of rotatable bonds is 6. The summed E-state index contributed by atoms with van der Waals surface area (Å²) >= 11 is 0. The molecule has 5 aliphatic rings. The Hall–Kier alpha value is -1.98. The van der Waals surface area contributed by atoms with Crippen LogP contribution in [0, 0.1) is 56.7 Å². The molecule has 4 fully saturated rings. The maximum absolute atomic E-state index is 14.6. The van der Waals surface area contributed by atoms with Gasteiger partial charge >= 0.3 is 5.97 Å². The smallest absolute Gasteiger partial charge is 0.302 e. The number of hydrogen-bond donors (Lipinski definition) is 1. The van der Waals surface area contributed by atoms with Crippen LogP contribution in [0.5, 0.6) is 0 Å². The maximum Gasteiger partial charge on any atom is 0.302 e. The van der Waals surface area contributed by atoms with Crippen molar-refractivity contribution in [3.8, 4) is 0 Å². The van der Waals surface area contributed by atoms with Crippen LogP contribution in [0.1, 0.15) is 120 Å². The maximum atomic E-state index is 14.6. The minimum Gasteiger partial charge on any atom is -0.461 e. The molecule has 11 atom stereocenters. The van der Waals surface area contributed by atoms with Gasteiger partial charge in [-0.2, -0.15) is 0 Å². The number of hydrogen-bond acceptors (Lipinski definition) is 5. The van der Waals surface area contributed by atoms with Crippen LogP contribution in [-0.4, -0.2) is 36.6 Å². The zero-order chi connectivity index (χ0) is 30.9. The fourth-order valence-electron chi connectivity index (χ4n) is 11.6. The van der Waals surface area contributed by atoms with Crippen molar-refractivity contribution in [2.75, 3.05) is 6.54 Å². The van der Waals surface area contributed by atoms with Crippen LogP contribution >= 0.6 is 0 Å². The predicted octanol–water partition coefficient (Wildman–Crippen LogP) is 6.85. The number of amides is 1. The lowest BCUT2D eigenvalue weighted by Gasteiger charge is -2.70. The zero-order valence-corrected chi connectivity index (χ0v) is 27.4. The number of esters is 1. The van der Waals surface area contributed by atoms with Gasteiger partial charge < -0.3 is 14.8 Å². The third kappa shape index (κ3) is 4.30. The van der Waals surface area contributed by atoms with Crippen molar-refractivity contribution < 1.29 is 23.9 Å². The van der Waals surface area contributed by atoms with E-state index in [1.54, 1.807) is 0 Å². The summed E-state index contributed by atoms with van der Waals surface area (Å²) in [6, 6.07) is 0. The summed E-state index contributed by atoms with van der Waals surface area (Å²) < 4.78 is 5.88. The first-order valence-corrected chi connectivity index (χ1v) is 16.8. The van der Waals surface area contributed by atoms with Gasteiger partial charge in [-0.15, -0.1) is 0 Å². The lowest BCUT2D eigenvalue weighted by Crippen LogP contribution is -2.69. The van der Waals surface area contributed by atoms with Crippen molar-refractivity contribution in [3.63, 3.8) is 0 Å². The molecule has 0 aliphatic heterocycles. The first-order chi connectivity index (χ1) is 19.6. The molecule has 3 unspecified atom stereocenters. The van der Waals surface area contributed by atoms with Gasteiger partial charge in [0.2, 0.25) is 5.91 Å². The Labute approximate surface area is 253 Å². The van der Waals surface area contributed by atoms with E-state index < -0.39 is 16.9 Å². The van der Waals surface area contributed by atoms with Crippen LogP contribution in [0.2, 0.25) is 0 Å². The molecule has 5 rings (SSSR count). The molecule has 1 N–H and O–H groups in total. The lowest BCUT2D eigenvalue weighted by molar-refractivity contribution is -0.214. The molecule has 234 valence electrons. The van der Waals surface area contributed by atoms with Crippen LogP contribution in [0.4, 0.5) is 0 Å². The lowest BCUT2D eigenvalue weighted by atomic mass is 9.33. The monoisotopic (exact) mass is 581 g/mol. The highest BCUT2D eigenvalue weighted by Gasteiger charge is 2.72. The SMILES string of the molecule is CC(=O)O[C@@H]1CC[C@@]2(C)C(CC[C@]3(C)C2C(=O)C=C2C4[C@@H](C)[C@H](C)CC[C@]4(C)CC[C@]23C)[C@@]1(C)C(=O)NCCCC=O. The van der Waals surface area contributed by atoms with Gasteiger partial charge in [0.1, 0.15) is 12.4 Å². The fourth-order valence-corrected chi connectivity index (χ4v) is 11.6. The van der Waals surface area contributed by atoms with Gasteiger partial charge in [-0.1, -0.05) is 47.1 Å². The van der Waals surface area contributed by atoms with Crippen molar-refractivity contribution in [2.24, 2.45) is 56.7 Å². The van der Waals surface area contributed by atoms with Gasteiger partial charge in [0.15, 0.2) is 5.78 Å². The molecular weight excluding hydrogens is 526 g/mol. The molecule has 6 nitrogen and oxygen atoms in total. The van der Waals surface area contributed by atoms with Gasteiger partial charge in [-0.3, -0.25) is 14.4 Å². The molecule has 0 bridgehead atoms. The minimum atomic E-state index is -0.954. The topological polar surface area (TPSA) is 89.5 Å². The quantitative estimate of drug-likeness (QED) is 0.211. The van der Waals surface area contributed by atoms with E-state index in [0.29, 0.717) is 43.6 Å². The average Bonchev–Trinajstić information content (AvgIpc) is 2.91. The van der Waals surface area contributed by atoms with Crippen molar-refractivity contribution in [1.29, 1.82) is 0 Å². The van der Waals surface area contributed by atoms with E-state index in [-0.39, 0.29) is 45.7 Å². The number of aldehydes is 1. The van der Waals surface area contributed by atoms with E-state index in [4.69, 9.17) is 4.74 Å². The number of nitrogens with one attached hydrogen (secondary N) is 1. The Bertz CT molecular complexity index is 1180. The third-order valence-electron chi connectivity index (χ3n) is 14.3. The normalized spacial score (nSPS) is 48.0. The number of fused-ring (bicyclic) bond motifs is 7. The minimum absolute atomic E-state index is 0.0602. The Morgan fingerprint density at radius 3 is 2.38 bits per heavy atom. The van der Waals surface area contributed by atoms with E-state index in [9.17, 15) is 19.2 Å². The summed E-state index contributed by atoms with van der Waals surface area (Å²) in [6.07, 6.45) is 11.2. The number of ketones is 1. The van der Waals surface area contributed by atoms with Gasteiger partial charge in [-0.25, -0.2) is 0 Å². The number of carbonyl (C=O) groups is 4. The van der Waals surface area contributed by atoms with E-state index in [1.807, 2.05) is 6.92 Å². The van der Waals surface area contributed by atoms with E-state index in [2.05, 4.69) is 52.9 Å². The van der Waals surface area contributed by atoms with E-state index >= 15 is 0 Å². The number of ether oxygens (including phenoxy) is 1. The molecular formula is C36H55NO5. The highest BCUT2D eigenvalue weighted by atomic mass is 16.5. The van der Waals surface area contributed by atoms with Crippen molar-refractivity contribution in [3.05, 3.63) is 11.6 Å². The van der Waals surface area contributed by atoms with Gasteiger partial charge in [-0.05, 0) is 116 Å². The van der Waals surface area contributed by atoms with Crippen LogP contribution < -0.4 is 5.32 Å². The summed E-state index contributed by atoms with van der Waals surface area (Å²) in [6.45, 7) is 18.2. The summed E-state index contributed by atoms with van der Waals surface area (Å²) in [7, 11) is 0. The summed E-state index contributed by atoms with van der Waals surface area (Å²) in [5.74, 6) is 1.13. The molecule has 0 aromatic carbocycles. The second kappa shape index (κ2) is 10.6. The molecule has 6 heteroatoms. The highest BCUT2D eigenvalue weighted by molar-refractivity contribution is 5.96. The first-order valence-electron chi connectivity index (χ1n) is 16.8. The third-order valence-corrected chi connectivity index (χ3v) is 14.3. The second-order valence-corrected chi connectivity index (χ2v) is 16.3. The average molecular weight is 582 g/mol. The summed E-state index contributed by atoms with van der Waals surface area (Å²) in [5.41, 5.74) is 0.0687. The van der Waals surface area contributed by atoms with Crippen LogP contribution in [0.15, 0.2) is 11.6 Å². The van der Waals surface area contributed by atoms with Crippen molar-refractivity contribution in [2.45, 2.75) is 126 Å². The van der Waals surface area contributed by atoms with Crippen LogP contribution in [0.25, 0.3) is 0 Å². The summed E-state index contributed by atoms with van der Waals surface area (Å²) in [5, 5.41) is 3.08. The van der Waals surface area contributed by atoms with Gasteiger partial charge in [0.05, 0.1) is 5.41 Å².